The molecule has 0 N–H and O–H groups in total. The second kappa shape index (κ2) is 9.44. The molecule has 0 saturated carbocycles. The van der Waals surface area contributed by atoms with Crippen LogP contribution in [0.3, 0.4) is 0 Å². The van der Waals surface area contributed by atoms with Crippen LogP contribution in [-0.2, 0) is 0 Å². The summed E-state index contributed by atoms with van der Waals surface area (Å²) in [5.41, 5.74) is 6.87. The molecule has 0 radical (unpaired) electrons. The lowest BCUT2D eigenvalue weighted by atomic mass is 9.91. The van der Waals surface area contributed by atoms with Crippen molar-refractivity contribution in [2.24, 2.45) is 0 Å². The normalized spacial score (nSPS) is 15.1. The Morgan fingerprint density at radius 3 is 1.26 bits per heavy atom. The molecule has 1 aliphatic heterocycles. The van der Waals surface area contributed by atoms with Gasteiger partial charge in [0.25, 0.3) is 0 Å². The molecule has 0 atom stereocenters. The molecule has 0 saturated heterocycles. The molecule has 1 aliphatic rings. The van der Waals surface area contributed by atoms with E-state index in [1.807, 2.05) is 0 Å². The molecule has 0 unspecified atom stereocenters. The van der Waals surface area contributed by atoms with E-state index in [9.17, 15) is 0 Å². The molecule has 0 bridgehead atoms. The Kier molecular flexibility index (Phi) is 5.75. The predicted molar refractivity (Wildman–Crippen MR) is 166 cm³/mol. The summed E-state index contributed by atoms with van der Waals surface area (Å²) in [6.45, 7) is 4.72. The van der Waals surface area contributed by atoms with Crippen molar-refractivity contribution in [2.45, 2.75) is 25.9 Å². The zero-order chi connectivity index (χ0) is 26.4. The van der Waals surface area contributed by atoms with Gasteiger partial charge < -0.3 is 8.83 Å². The van der Waals surface area contributed by atoms with E-state index in [4.69, 9.17) is 8.83 Å². The Labute approximate surface area is 229 Å². The molecule has 3 heteroatoms. The molecule has 0 spiro atoms. The van der Waals surface area contributed by atoms with Gasteiger partial charge in [-0.05, 0) is 56.9 Å². The fourth-order valence-corrected chi connectivity index (χ4v) is 11.4. The van der Waals surface area contributed by atoms with E-state index >= 15 is 0 Å². The standard InChI is InChI=1S/C36H30O2Si/c1-3-39(4-2)35(31-23-27-19-11-13-21-29(27)37-31)33(25-15-7-5-8-16-25)34(26-17-9-6-10-18-26)36(39)32-24-28-20-12-14-22-30(28)38-32/h5-24H,3-4H2,1-2H3. The smallest absolute Gasteiger partial charge is 0.134 e. The van der Waals surface area contributed by atoms with Gasteiger partial charge in [0.15, 0.2) is 0 Å². The van der Waals surface area contributed by atoms with E-state index in [0.29, 0.717) is 0 Å². The van der Waals surface area contributed by atoms with E-state index < -0.39 is 8.07 Å². The van der Waals surface area contributed by atoms with Gasteiger partial charge in [0.05, 0.1) is 0 Å². The van der Waals surface area contributed by atoms with Gasteiger partial charge in [-0.1, -0.05) is 123 Å². The van der Waals surface area contributed by atoms with Gasteiger partial charge in [-0.2, -0.15) is 0 Å². The van der Waals surface area contributed by atoms with E-state index in [1.54, 1.807) is 0 Å². The fourth-order valence-electron chi connectivity index (χ4n) is 6.53. The second-order valence-electron chi connectivity index (χ2n) is 10.3. The van der Waals surface area contributed by atoms with Crippen molar-refractivity contribution < 1.29 is 8.83 Å². The van der Waals surface area contributed by atoms with Crippen molar-refractivity contribution in [3.63, 3.8) is 0 Å². The molecule has 39 heavy (non-hydrogen) atoms. The van der Waals surface area contributed by atoms with E-state index in [2.05, 4.69) is 135 Å². The molecule has 4 aromatic carbocycles. The number of hydrogen-bond donors (Lipinski definition) is 0. The highest BCUT2D eigenvalue weighted by molar-refractivity contribution is 7.14. The third-order valence-corrected chi connectivity index (χ3v) is 13.7. The Bertz CT molecular complexity index is 1660. The third kappa shape index (κ3) is 3.69. The first-order chi connectivity index (χ1) is 19.2. The number of para-hydroxylation sites is 2. The van der Waals surface area contributed by atoms with Crippen molar-refractivity contribution in [1.29, 1.82) is 0 Å². The Hall–Kier alpha value is -4.34. The Morgan fingerprint density at radius 1 is 0.487 bits per heavy atom. The SMILES string of the molecule is CC[Si]1(CC)C(c2cc3ccccc3o2)=C(c2ccccc2)C(c2ccccc2)=C1c1cc2ccccc2o1. The van der Waals surface area contributed by atoms with Crippen LogP contribution in [0.15, 0.2) is 130 Å². The fraction of sp³-hybridized carbons (Fsp3) is 0.111. The first-order valence-electron chi connectivity index (χ1n) is 13.8. The summed E-state index contributed by atoms with van der Waals surface area (Å²) in [6, 6.07) is 45.0. The van der Waals surface area contributed by atoms with Gasteiger partial charge in [0.1, 0.15) is 30.8 Å². The van der Waals surface area contributed by atoms with Gasteiger partial charge in [-0.15, -0.1) is 0 Å². The quantitative estimate of drug-likeness (QED) is 0.203. The van der Waals surface area contributed by atoms with Crippen LogP contribution in [0, 0.1) is 0 Å². The second-order valence-corrected chi connectivity index (χ2v) is 14.9. The molecule has 3 heterocycles. The molecular formula is C36H30O2Si. The zero-order valence-corrected chi connectivity index (χ0v) is 23.3. The van der Waals surface area contributed by atoms with Gasteiger partial charge in [0, 0.05) is 10.8 Å². The number of fused-ring (bicyclic) bond motifs is 2. The highest BCUT2D eigenvalue weighted by Gasteiger charge is 2.50. The van der Waals surface area contributed by atoms with Crippen molar-refractivity contribution in [1.82, 2.24) is 0 Å². The topological polar surface area (TPSA) is 26.3 Å². The maximum Gasteiger partial charge on any atom is 0.134 e. The summed E-state index contributed by atoms with van der Waals surface area (Å²) in [5.74, 6) is 1.98. The van der Waals surface area contributed by atoms with Crippen molar-refractivity contribution in [3.8, 4) is 0 Å². The summed E-state index contributed by atoms with van der Waals surface area (Å²) in [5, 5.41) is 5.04. The van der Waals surface area contributed by atoms with Gasteiger partial charge in [-0.3, -0.25) is 0 Å². The van der Waals surface area contributed by atoms with Crippen molar-refractivity contribution in [2.75, 3.05) is 0 Å². The summed E-state index contributed by atoms with van der Waals surface area (Å²) in [4.78, 5) is 0. The van der Waals surface area contributed by atoms with Crippen LogP contribution < -0.4 is 0 Å². The minimum atomic E-state index is -2.37. The molecule has 190 valence electrons. The Balaban J connectivity index is 1.64. The number of benzene rings is 4. The lowest BCUT2D eigenvalue weighted by Crippen LogP contribution is -2.35. The first kappa shape index (κ1) is 23.8. The number of hydrogen-bond acceptors (Lipinski definition) is 2. The molecular weight excluding hydrogens is 492 g/mol. The number of allylic oxidation sites excluding steroid dienone is 2. The summed E-state index contributed by atoms with van der Waals surface area (Å²) in [7, 11) is -2.37. The average molecular weight is 523 g/mol. The lowest BCUT2D eigenvalue weighted by molar-refractivity contribution is 0.601. The molecule has 2 nitrogen and oxygen atoms in total. The monoisotopic (exact) mass is 522 g/mol. The third-order valence-electron chi connectivity index (χ3n) is 8.38. The van der Waals surface area contributed by atoms with Gasteiger partial charge >= 0.3 is 0 Å². The van der Waals surface area contributed by atoms with E-state index in [1.165, 1.54) is 32.7 Å². The molecule has 0 fully saturated rings. The van der Waals surface area contributed by atoms with Crippen LogP contribution in [0.4, 0.5) is 0 Å². The maximum absolute atomic E-state index is 6.71. The zero-order valence-electron chi connectivity index (χ0n) is 22.3. The van der Waals surface area contributed by atoms with Crippen LogP contribution in [-0.4, -0.2) is 8.07 Å². The van der Waals surface area contributed by atoms with Gasteiger partial charge in [0.2, 0.25) is 0 Å². The van der Waals surface area contributed by atoms with Gasteiger partial charge in [-0.25, -0.2) is 0 Å². The summed E-state index contributed by atoms with van der Waals surface area (Å²) >= 11 is 0. The molecule has 2 aromatic heterocycles. The van der Waals surface area contributed by atoms with Crippen molar-refractivity contribution >= 4 is 51.6 Å². The van der Waals surface area contributed by atoms with Crippen LogP contribution in [0.5, 0.6) is 0 Å². The molecule has 7 rings (SSSR count). The highest BCUT2D eigenvalue weighted by Crippen LogP contribution is 2.59. The first-order valence-corrected chi connectivity index (χ1v) is 16.2. The highest BCUT2D eigenvalue weighted by atomic mass is 28.3. The Morgan fingerprint density at radius 2 is 0.872 bits per heavy atom. The number of furan rings is 2. The average Bonchev–Trinajstić information content (AvgIpc) is 3.69. The summed E-state index contributed by atoms with van der Waals surface area (Å²) < 4.78 is 13.4. The summed E-state index contributed by atoms with van der Waals surface area (Å²) in [6.07, 6.45) is 0. The van der Waals surface area contributed by atoms with Crippen LogP contribution in [0.2, 0.25) is 12.1 Å². The van der Waals surface area contributed by atoms with E-state index in [0.717, 1.165) is 45.5 Å². The van der Waals surface area contributed by atoms with E-state index in [-0.39, 0.29) is 0 Å². The van der Waals surface area contributed by atoms with Crippen LogP contribution >= 0.6 is 0 Å². The van der Waals surface area contributed by atoms with Crippen molar-refractivity contribution in [3.05, 3.63) is 144 Å². The van der Waals surface area contributed by atoms with Crippen LogP contribution in [0.25, 0.3) is 43.5 Å². The maximum atomic E-state index is 6.71. The number of rotatable bonds is 6. The largest absolute Gasteiger partial charge is 0.457 e. The minimum Gasteiger partial charge on any atom is -0.457 e. The predicted octanol–water partition coefficient (Wildman–Crippen LogP) is 10.3. The minimum absolute atomic E-state index is 0.931. The molecule has 6 aromatic rings. The lowest BCUT2D eigenvalue weighted by Gasteiger charge is -2.30. The van der Waals surface area contributed by atoms with Crippen LogP contribution in [0.1, 0.15) is 36.5 Å². The molecule has 0 amide bonds. The molecule has 0 aliphatic carbocycles.